The second-order valence-electron chi connectivity index (χ2n) is 6.93. The second kappa shape index (κ2) is 8.54. The zero-order chi connectivity index (χ0) is 19.4. The number of nitrogens with zero attached hydrogens (tertiary/aromatic N) is 2. The lowest BCUT2D eigenvalue weighted by atomic mass is 10.1. The van der Waals surface area contributed by atoms with Gasteiger partial charge in [-0.25, -0.2) is 4.39 Å². The van der Waals surface area contributed by atoms with Gasteiger partial charge in [-0.3, -0.25) is 9.69 Å². The number of furan rings is 1. The van der Waals surface area contributed by atoms with Crippen molar-refractivity contribution in [3.05, 3.63) is 53.2 Å². The molecule has 0 radical (unpaired) electrons. The minimum Gasteiger partial charge on any atom is -0.494 e. The first kappa shape index (κ1) is 19.4. The van der Waals surface area contributed by atoms with Crippen molar-refractivity contribution in [2.24, 2.45) is 0 Å². The van der Waals surface area contributed by atoms with Gasteiger partial charge < -0.3 is 19.4 Å². The Kier molecular flexibility index (Phi) is 6.13. The molecule has 1 aromatic heterocycles. The van der Waals surface area contributed by atoms with Crippen molar-refractivity contribution in [3.63, 3.8) is 0 Å². The van der Waals surface area contributed by atoms with E-state index in [9.17, 15) is 9.18 Å². The predicted molar refractivity (Wildman–Crippen MR) is 100 cm³/mol. The fraction of sp³-hybridized carbons (Fsp3) is 0.450. The van der Waals surface area contributed by atoms with Crippen LogP contribution in [0.1, 0.15) is 34.8 Å². The number of hydrogen-bond donors (Lipinski definition) is 1. The summed E-state index contributed by atoms with van der Waals surface area (Å²) in [5, 5.41) is 2.84. The number of ether oxygens (including phenoxy) is 1. The van der Waals surface area contributed by atoms with E-state index in [1.54, 1.807) is 25.1 Å². The van der Waals surface area contributed by atoms with Gasteiger partial charge in [-0.15, -0.1) is 0 Å². The van der Waals surface area contributed by atoms with Gasteiger partial charge in [0, 0.05) is 26.2 Å². The zero-order valence-electron chi connectivity index (χ0n) is 16.0. The SMILES string of the molecule is COc1ccc(C(C)NC(=O)c2ccc(CN3CCN(C)CC3)o2)cc1F. The molecule has 1 atom stereocenters. The molecule has 3 rings (SSSR count). The van der Waals surface area contributed by atoms with Crippen molar-refractivity contribution >= 4 is 5.91 Å². The molecule has 0 spiro atoms. The van der Waals surface area contributed by atoms with Crippen LogP contribution in [0, 0.1) is 5.82 Å². The van der Waals surface area contributed by atoms with Crippen molar-refractivity contribution in [1.82, 2.24) is 15.1 Å². The molecule has 6 nitrogen and oxygen atoms in total. The summed E-state index contributed by atoms with van der Waals surface area (Å²) in [5.74, 6) is 0.441. The first-order valence-corrected chi connectivity index (χ1v) is 9.10. The van der Waals surface area contributed by atoms with E-state index < -0.39 is 5.82 Å². The molecule has 2 heterocycles. The second-order valence-corrected chi connectivity index (χ2v) is 6.93. The van der Waals surface area contributed by atoms with Crippen LogP contribution in [0.25, 0.3) is 0 Å². The van der Waals surface area contributed by atoms with Crippen molar-refractivity contribution in [3.8, 4) is 5.75 Å². The van der Waals surface area contributed by atoms with Gasteiger partial charge in [0.1, 0.15) is 5.76 Å². The van der Waals surface area contributed by atoms with E-state index in [0.717, 1.165) is 31.9 Å². The molecule has 0 aliphatic carbocycles. The number of piperazine rings is 1. The number of rotatable bonds is 6. The first-order valence-electron chi connectivity index (χ1n) is 9.10. The minimum atomic E-state index is -0.455. The van der Waals surface area contributed by atoms with Crippen molar-refractivity contribution in [2.75, 3.05) is 40.3 Å². The van der Waals surface area contributed by atoms with E-state index in [-0.39, 0.29) is 23.5 Å². The molecule has 1 aliphatic rings. The number of nitrogens with one attached hydrogen (secondary N) is 1. The fourth-order valence-corrected chi connectivity index (χ4v) is 3.11. The van der Waals surface area contributed by atoms with E-state index >= 15 is 0 Å². The molecule has 1 amide bonds. The summed E-state index contributed by atoms with van der Waals surface area (Å²) in [6.07, 6.45) is 0. The number of amides is 1. The van der Waals surface area contributed by atoms with Crippen molar-refractivity contribution in [1.29, 1.82) is 0 Å². The normalized spacial score (nSPS) is 16.9. The molecule has 1 saturated heterocycles. The number of halogens is 1. The molecule has 1 aromatic carbocycles. The van der Waals surface area contributed by atoms with Crippen molar-refractivity contribution in [2.45, 2.75) is 19.5 Å². The van der Waals surface area contributed by atoms with Gasteiger partial charge in [0.15, 0.2) is 17.3 Å². The minimum absolute atomic E-state index is 0.178. The van der Waals surface area contributed by atoms with Gasteiger partial charge >= 0.3 is 0 Å². The third-order valence-corrected chi connectivity index (χ3v) is 4.88. The Hall–Kier alpha value is -2.38. The largest absolute Gasteiger partial charge is 0.494 e. The summed E-state index contributed by atoms with van der Waals surface area (Å²) in [7, 11) is 3.53. The number of likely N-dealkylation sites (N-methyl/N-ethyl adjacent to an activating group) is 1. The quantitative estimate of drug-likeness (QED) is 0.841. The standard InChI is InChI=1S/C20H26FN3O3/c1-14(15-4-6-18(26-3)17(21)12-15)22-20(25)19-7-5-16(27-19)13-24-10-8-23(2)9-11-24/h4-7,12,14H,8-11,13H2,1-3H3,(H,22,25). The van der Waals surface area contributed by atoms with Crippen LogP contribution in [0.2, 0.25) is 0 Å². The molecular formula is C20H26FN3O3. The molecule has 1 aliphatic heterocycles. The molecule has 1 fully saturated rings. The average molecular weight is 375 g/mol. The summed E-state index contributed by atoms with van der Waals surface area (Å²) in [6, 6.07) is 7.81. The van der Waals surface area contributed by atoms with Gasteiger partial charge in [-0.1, -0.05) is 6.07 Å². The summed E-state index contributed by atoms with van der Waals surface area (Å²) < 4.78 is 24.5. The summed E-state index contributed by atoms with van der Waals surface area (Å²) in [6.45, 7) is 6.53. The lowest BCUT2D eigenvalue weighted by molar-refractivity contribution is 0.0905. The van der Waals surface area contributed by atoms with Crippen LogP contribution < -0.4 is 10.1 Å². The Labute approximate surface area is 158 Å². The Morgan fingerprint density at radius 1 is 1.26 bits per heavy atom. The van der Waals surface area contributed by atoms with Gasteiger partial charge in [-0.05, 0) is 43.8 Å². The molecule has 0 bridgehead atoms. The topological polar surface area (TPSA) is 58.0 Å². The molecule has 2 aromatic rings. The van der Waals surface area contributed by atoms with Gasteiger partial charge in [-0.2, -0.15) is 0 Å². The molecule has 146 valence electrons. The maximum atomic E-state index is 13.9. The van der Waals surface area contributed by atoms with E-state index in [0.29, 0.717) is 12.1 Å². The van der Waals surface area contributed by atoms with Crippen LogP contribution in [0.4, 0.5) is 4.39 Å². The van der Waals surface area contributed by atoms with E-state index in [1.807, 2.05) is 6.07 Å². The third kappa shape index (κ3) is 4.87. The average Bonchev–Trinajstić information content (AvgIpc) is 3.12. The monoisotopic (exact) mass is 375 g/mol. The van der Waals surface area contributed by atoms with Crippen LogP contribution in [-0.2, 0) is 6.54 Å². The highest BCUT2D eigenvalue weighted by Gasteiger charge is 2.19. The zero-order valence-corrected chi connectivity index (χ0v) is 16.0. The Balaban J connectivity index is 1.58. The van der Waals surface area contributed by atoms with Crippen LogP contribution >= 0.6 is 0 Å². The fourth-order valence-electron chi connectivity index (χ4n) is 3.11. The number of carbonyl (C=O) groups is 1. The number of carbonyl (C=O) groups excluding carboxylic acids is 1. The van der Waals surface area contributed by atoms with Gasteiger partial charge in [0.05, 0.1) is 19.7 Å². The Morgan fingerprint density at radius 2 is 2.00 bits per heavy atom. The lowest BCUT2D eigenvalue weighted by Gasteiger charge is -2.31. The molecule has 0 saturated carbocycles. The number of hydrogen-bond acceptors (Lipinski definition) is 5. The van der Waals surface area contributed by atoms with Gasteiger partial charge in [0.25, 0.3) is 5.91 Å². The Bertz CT molecular complexity index is 785. The third-order valence-electron chi connectivity index (χ3n) is 4.88. The smallest absolute Gasteiger partial charge is 0.287 e. The van der Waals surface area contributed by atoms with Gasteiger partial charge in [0.2, 0.25) is 0 Å². The molecule has 27 heavy (non-hydrogen) atoms. The maximum Gasteiger partial charge on any atom is 0.287 e. The number of benzene rings is 1. The molecule has 1 unspecified atom stereocenters. The van der Waals surface area contributed by atoms with Crippen LogP contribution in [0.15, 0.2) is 34.7 Å². The number of methoxy groups -OCH3 is 1. The highest BCUT2D eigenvalue weighted by atomic mass is 19.1. The maximum absolute atomic E-state index is 13.9. The molecular weight excluding hydrogens is 349 g/mol. The van der Waals surface area contributed by atoms with E-state index in [1.165, 1.54) is 13.2 Å². The highest BCUT2D eigenvalue weighted by Crippen LogP contribution is 2.22. The first-order chi connectivity index (χ1) is 13.0. The molecule has 7 heteroatoms. The van der Waals surface area contributed by atoms with Crippen molar-refractivity contribution < 1.29 is 18.3 Å². The summed E-state index contributed by atoms with van der Waals surface area (Å²) in [4.78, 5) is 17.0. The highest BCUT2D eigenvalue weighted by molar-refractivity contribution is 5.91. The van der Waals surface area contributed by atoms with Crippen LogP contribution in [0.3, 0.4) is 0 Å². The summed E-state index contributed by atoms with van der Waals surface area (Å²) >= 11 is 0. The molecule has 1 N–H and O–H groups in total. The van der Waals surface area contributed by atoms with Crippen LogP contribution in [0.5, 0.6) is 5.75 Å². The summed E-state index contributed by atoms with van der Waals surface area (Å²) in [5.41, 5.74) is 0.658. The van der Waals surface area contributed by atoms with Crippen LogP contribution in [-0.4, -0.2) is 56.0 Å². The van der Waals surface area contributed by atoms with E-state index in [2.05, 4.69) is 22.2 Å². The van der Waals surface area contributed by atoms with E-state index in [4.69, 9.17) is 9.15 Å². The predicted octanol–water partition coefficient (Wildman–Crippen LogP) is 2.67. The Morgan fingerprint density at radius 3 is 2.67 bits per heavy atom. The lowest BCUT2D eigenvalue weighted by Crippen LogP contribution is -2.43.